The fourth-order valence-electron chi connectivity index (χ4n) is 3.04. The minimum Gasteiger partial charge on any atom is -0.480 e. The van der Waals surface area contributed by atoms with Crippen molar-refractivity contribution in [1.29, 1.82) is 0 Å². The molecule has 9 heteroatoms. The van der Waals surface area contributed by atoms with Gasteiger partial charge in [0.25, 0.3) is 0 Å². The molecular formula is C23H29ClN2O5S. The fourth-order valence-corrected chi connectivity index (χ4v) is 4.38. The lowest BCUT2D eigenvalue weighted by molar-refractivity contribution is -0.139. The standard InChI is InChI=1S/C23H29ClN2O5S/c1-23(2,3)15-21(27)25-14-4-5-20(22(28)29)26-32(30,31)19-12-8-17(9-13-19)16-6-10-18(24)11-7-16/h6-13,20,26H,4-5,14-15H2,1-3H3,(H,25,27)(H,28,29). The molecule has 2 aromatic rings. The molecule has 0 aromatic heterocycles. The Kier molecular flexibility index (Phi) is 8.83. The summed E-state index contributed by atoms with van der Waals surface area (Å²) in [5, 5.41) is 12.8. The van der Waals surface area contributed by atoms with E-state index < -0.39 is 22.0 Å². The molecule has 2 rings (SSSR count). The quantitative estimate of drug-likeness (QED) is 0.443. The van der Waals surface area contributed by atoms with E-state index >= 15 is 0 Å². The number of carboxylic acids is 1. The highest BCUT2D eigenvalue weighted by atomic mass is 35.5. The number of rotatable bonds is 10. The van der Waals surface area contributed by atoms with Crippen molar-refractivity contribution in [3.8, 4) is 11.1 Å². The van der Waals surface area contributed by atoms with Crippen LogP contribution in [-0.4, -0.2) is 38.0 Å². The molecule has 0 heterocycles. The Labute approximate surface area is 194 Å². The average Bonchev–Trinajstić information content (AvgIpc) is 2.69. The van der Waals surface area contributed by atoms with E-state index in [0.29, 0.717) is 17.9 Å². The summed E-state index contributed by atoms with van der Waals surface area (Å²) in [4.78, 5) is 23.4. The predicted octanol–water partition coefficient (Wildman–Crippen LogP) is 4.07. The minimum atomic E-state index is -4.03. The van der Waals surface area contributed by atoms with Crippen LogP contribution in [-0.2, 0) is 19.6 Å². The monoisotopic (exact) mass is 480 g/mol. The number of halogens is 1. The molecule has 1 amide bonds. The van der Waals surface area contributed by atoms with Crippen LogP contribution in [0, 0.1) is 5.41 Å². The Hall–Kier alpha value is -2.42. The first kappa shape index (κ1) is 25.8. The Morgan fingerprint density at radius 1 is 1.00 bits per heavy atom. The average molecular weight is 481 g/mol. The molecule has 0 radical (unpaired) electrons. The maximum Gasteiger partial charge on any atom is 0.321 e. The van der Waals surface area contributed by atoms with Gasteiger partial charge in [-0.1, -0.05) is 56.6 Å². The van der Waals surface area contributed by atoms with Crippen LogP contribution >= 0.6 is 11.6 Å². The summed E-state index contributed by atoms with van der Waals surface area (Å²) in [7, 11) is -4.03. The summed E-state index contributed by atoms with van der Waals surface area (Å²) in [6.07, 6.45) is 0.728. The van der Waals surface area contributed by atoms with Gasteiger partial charge in [0.05, 0.1) is 4.90 Å². The third kappa shape index (κ3) is 8.26. The van der Waals surface area contributed by atoms with Crippen molar-refractivity contribution in [3.63, 3.8) is 0 Å². The molecular weight excluding hydrogens is 452 g/mol. The summed E-state index contributed by atoms with van der Waals surface area (Å²) < 4.78 is 27.6. The summed E-state index contributed by atoms with van der Waals surface area (Å²) in [6, 6.07) is 12.0. The van der Waals surface area contributed by atoms with Crippen LogP contribution < -0.4 is 10.0 Å². The SMILES string of the molecule is CC(C)(C)CC(=O)NCCCC(NS(=O)(=O)c1ccc(-c2ccc(Cl)cc2)cc1)C(=O)O. The first-order valence-corrected chi connectivity index (χ1v) is 12.1. The van der Waals surface area contributed by atoms with E-state index in [2.05, 4.69) is 10.0 Å². The molecule has 0 aliphatic carbocycles. The minimum absolute atomic E-state index is 0.0278. The first-order chi connectivity index (χ1) is 14.9. The lowest BCUT2D eigenvalue weighted by Gasteiger charge is -2.18. The topological polar surface area (TPSA) is 113 Å². The van der Waals surface area contributed by atoms with Gasteiger partial charge in [-0.3, -0.25) is 9.59 Å². The van der Waals surface area contributed by atoms with Crippen molar-refractivity contribution in [3.05, 3.63) is 53.6 Å². The molecule has 0 bridgehead atoms. The lowest BCUT2D eigenvalue weighted by atomic mass is 9.92. The van der Waals surface area contributed by atoms with Gasteiger partial charge in [0, 0.05) is 18.0 Å². The maximum absolute atomic E-state index is 12.7. The molecule has 0 aliphatic rings. The van der Waals surface area contributed by atoms with Crippen molar-refractivity contribution in [2.45, 2.75) is 51.0 Å². The highest BCUT2D eigenvalue weighted by molar-refractivity contribution is 7.89. The zero-order valence-corrected chi connectivity index (χ0v) is 20.0. The molecule has 1 atom stereocenters. The molecule has 7 nitrogen and oxygen atoms in total. The smallest absolute Gasteiger partial charge is 0.321 e. The maximum atomic E-state index is 12.7. The second-order valence-electron chi connectivity index (χ2n) is 8.77. The molecule has 0 saturated heterocycles. The number of amides is 1. The van der Waals surface area contributed by atoms with Gasteiger partial charge < -0.3 is 10.4 Å². The van der Waals surface area contributed by atoms with E-state index in [0.717, 1.165) is 11.1 Å². The third-order valence-corrected chi connectivity index (χ3v) is 6.36. The highest BCUT2D eigenvalue weighted by Crippen LogP contribution is 2.23. The highest BCUT2D eigenvalue weighted by Gasteiger charge is 2.25. The van der Waals surface area contributed by atoms with Crippen molar-refractivity contribution in [2.24, 2.45) is 5.41 Å². The first-order valence-electron chi connectivity index (χ1n) is 10.3. The fraction of sp³-hybridized carbons (Fsp3) is 0.391. The van der Waals surface area contributed by atoms with Crippen molar-refractivity contribution in [2.75, 3.05) is 6.54 Å². The zero-order valence-electron chi connectivity index (χ0n) is 18.4. The number of benzene rings is 2. The summed E-state index contributed by atoms with van der Waals surface area (Å²) in [5.74, 6) is -1.39. The lowest BCUT2D eigenvalue weighted by Crippen LogP contribution is -2.41. The van der Waals surface area contributed by atoms with Gasteiger partial charge in [-0.15, -0.1) is 0 Å². The second-order valence-corrected chi connectivity index (χ2v) is 10.9. The van der Waals surface area contributed by atoms with Crippen molar-refractivity contribution in [1.82, 2.24) is 10.0 Å². The van der Waals surface area contributed by atoms with E-state index in [1.807, 2.05) is 32.9 Å². The molecule has 0 spiro atoms. The van der Waals surface area contributed by atoms with Crippen LogP contribution in [0.1, 0.15) is 40.0 Å². The number of carbonyl (C=O) groups is 2. The normalized spacial score (nSPS) is 12.9. The van der Waals surface area contributed by atoms with Gasteiger partial charge in [-0.25, -0.2) is 8.42 Å². The van der Waals surface area contributed by atoms with Crippen LogP contribution in [0.4, 0.5) is 0 Å². The molecule has 0 aliphatic heterocycles. The number of hydrogen-bond donors (Lipinski definition) is 3. The van der Waals surface area contributed by atoms with Gasteiger partial charge in [0.1, 0.15) is 6.04 Å². The van der Waals surface area contributed by atoms with E-state index in [-0.39, 0.29) is 29.2 Å². The molecule has 2 aromatic carbocycles. The Balaban J connectivity index is 1.97. The van der Waals surface area contributed by atoms with Crippen LogP contribution in [0.15, 0.2) is 53.4 Å². The van der Waals surface area contributed by atoms with E-state index in [1.165, 1.54) is 12.1 Å². The predicted molar refractivity (Wildman–Crippen MR) is 125 cm³/mol. The number of carboxylic acid groups (broad SMARTS) is 1. The number of hydrogen-bond acceptors (Lipinski definition) is 4. The summed E-state index contributed by atoms with van der Waals surface area (Å²) in [5.41, 5.74) is 1.54. The molecule has 0 fully saturated rings. The van der Waals surface area contributed by atoms with Gasteiger partial charge in [-0.2, -0.15) is 4.72 Å². The number of nitrogens with one attached hydrogen (secondary N) is 2. The zero-order chi connectivity index (χ0) is 23.9. The van der Waals surface area contributed by atoms with Crippen LogP contribution in [0.5, 0.6) is 0 Å². The van der Waals surface area contributed by atoms with Crippen LogP contribution in [0.3, 0.4) is 0 Å². The van der Waals surface area contributed by atoms with Crippen molar-refractivity contribution >= 4 is 33.5 Å². The second kappa shape index (κ2) is 10.9. The molecule has 174 valence electrons. The number of sulfonamides is 1. The van der Waals surface area contributed by atoms with Crippen molar-refractivity contribution < 1.29 is 23.1 Å². The molecule has 0 saturated carbocycles. The summed E-state index contributed by atoms with van der Waals surface area (Å²) in [6.45, 7) is 6.12. The van der Waals surface area contributed by atoms with Gasteiger partial charge >= 0.3 is 5.97 Å². The Bertz CT molecular complexity index is 1030. The molecule has 3 N–H and O–H groups in total. The summed E-state index contributed by atoms with van der Waals surface area (Å²) >= 11 is 5.89. The van der Waals surface area contributed by atoms with Crippen LogP contribution in [0.25, 0.3) is 11.1 Å². The Morgan fingerprint density at radius 3 is 2.03 bits per heavy atom. The molecule has 1 unspecified atom stereocenters. The Morgan fingerprint density at radius 2 is 1.53 bits per heavy atom. The van der Waals surface area contributed by atoms with Gasteiger partial charge in [0.15, 0.2) is 0 Å². The van der Waals surface area contributed by atoms with Gasteiger partial charge in [0.2, 0.25) is 15.9 Å². The third-order valence-electron chi connectivity index (χ3n) is 4.62. The number of aliphatic carboxylic acids is 1. The van der Waals surface area contributed by atoms with E-state index in [9.17, 15) is 23.1 Å². The largest absolute Gasteiger partial charge is 0.480 e. The van der Waals surface area contributed by atoms with E-state index in [4.69, 9.17) is 11.6 Å². The van der Waals surface area contributed by atoms with E-state index in [1.54, 1.807) is 24.3 Å². The molecule has 32 heavy (non-hydrogen) atoms. The van der Waals surface area contributed by atoms with Crippen LogP contribution in [0.2, 0.25) is 5.02 Å². The van der Waals surface area contributed by atoms with Gasteiger partial charge in [-0.05, 0) is 53.6 Å². The number of carbonyl (C=O) groups excluding carboxylic acids is 1.